The van der Waals surface area contributed by atoms with Crippen LogP contribution in [0.2, 0.25) is 0 Å². The summed E-state index contributed by atoms with van der Waals surface area (Å²) in [5.74, 6) is 1.58. The molecule has 10 heteroatoms. The molecule has 194 valence electrons. The SMILES string of the molecule is CCC(=O)Nc1ccc(Sc2nc(N=C(N)C=C(C)N)cc(N3CCN(C(C)(C)C)CC3)n2)cc1.[HH].[HH].[HH]. The highest BCUT2D eigenvalue weighted by Gasteiger charge is 2.26. The Morgan fingerprint density at radius 2 is 1.83 bits per heavy atom. The third kappa shape index (κ3) is 7.97. The largest absolute Gasteiger partial charge is 0.402 e. The number of anilines is 2. The Hall–Kier alpha value is -3.11. The second-order valence-corrected chi connectivity index (χ2v) is 10.5. The predicted octanol–water partition coefficient (Wildman–Crippen LogP) is 4.49. The number of amides is 1. The van der Waals surface area contributed by atoms with Crippen LogP contribution in [0.1, 0.15) is 45.3 Å². The van der Waals surface area contributed by atoms with Gasteiger partial charge < -0.3 is 21.7 Å². The van der Waals surface area contributed by atoms with E-state index in [1.165, 1.54) is 11.8 Å². The molecule has 9 nitrogen and oxygen atoms in total. The summed E-state index contributed by atoms with van der Waals surface area (Å²) in [6.07, 6.45) is 2.05. The van der Waals surface area contributed by atoms with Crippen molar-refractivity contribution in [3.8, 4) is 0 Å². The second kappa shape index (κ2) is 11.5. The third-order valence-electron chi connectivity index (χ3n) is 5.52. The topological polar surface area (TPSA) is 126 Å². The highest BCUT2D eigenvalue weighted by atomic mass is 32.2. The van der Waals surface area contributed by atoms with Gasteiger partial charge in [-0.3, -0.25) is 9.69 Å². The van der Waals surface area contributed by atoms with Crippen LogP contribution < -0.4 is 21.7 Å². The van der Waals surface area contributed by atoms with Crippen molar-refractivity contribution in [1.29, 1.82) is 0 Å². The van der Waals surface area contributed by atoms with Crippen molar-refractivity contribution < 1.29 is 9.07 Å². The number of aliphatic imine (C=N–C) groups is 1. The summed E-state index contributed by atoms with van der Waals surface area (Å²) < 4.78 is 0. The number of rotatable bonds is 7. The van der Waals surface area contributed by atoms with Crippen LogP contribution in [0.15, 0.2) is 57.1 Å². The summed E-state index contributed by atoms with van der Waals surface area (Å²) in [6, 6.07) is 9.49. The van der Waals surface area contributed by atoms with E-state index < -0.39 is 0 Å². The number of aromatic nitrogens is 2. The summed E-state index contributed by atoms with van der Waals surface area (Å²) in [5.41, 5.74) is 13.3. The zero-order valence-corrected chi connectivity index (χ0v) is 22.0. The first-order valence-corrected chi connectivity index (χ1v) is 12.6. The maximum Gasteiger partial charge on any atom is 0.224 e. The number of carbonyl (C=O) groups is 1. The monoisotopic (exact) mass is 502 g/mol. The molecule has 0 saturated carbocycles. The lowest BCUT2D eigenvalue weighted by Crippen LogP contribution is -2.53. The molecule has 0 bridgehead atoms. The summed E-state index contributed by atoms with van der Waals surface area (Å²) in [6.45, 7) is 13.9. The first kappa shape index (κ1) is 26.5. The lowest BCUT2D eigenvalue weighted by molar-refractivity contribution is -0.115. The number of carbonyl (C=O) groups excluding carboxylic acids is 1. The second-order valence-electron chi connectivity index (χ2n) is 9.47. The number of hydrogen-bond donors (Lipinski definition) is 3. The number of nitrogens with one attached hydrogen (secondary N) is 1. The van der Waals surface area contributed by atoms with E-state index >= 15 is 0 Å². The van der Waals surface area contributed by atoms with Crippen LogP contribution in [-0.4, -0.2) is 58.3 Å². The van der Waals surface area contributed by atoms with Gasteiger partial charge in [-0.25, -0.2) is 15.0 Å². The van der Waals surface area contributed by atoms with Crippen LogP contribution in [0.5, 0.6) is 0 Å². The molecule has 0 unspecified atom stereocenters. The number of allylic oxidation sites excluding steroid dienone is 1. The summed E-state index contributed by atoms with van der Waals surface area (Å²) >= 11 is 1.44. The van der Waals surface area contributed by atoms with Crippen LogP contribution in [0, 0.1) is 0 Å². The maximum absolute atomic E-state index is 11.6. The van der Waals surface area contributed by atoms with Crippen LogP contribution in [0.3, 0.4) is 0 Å². The first-order valence-electron chi connectivity index (χ1n) is 11.8. The first-order chi connectivity index (χ1) is 16.5. The van der Waals surface area contributed by atoms with Crippen molar-refractivity contribution in [2.24, 2.45) is 16.5 Å². The standard InChI is InChI=1S/C25H36N8OS.3H2/c1-6-23(34)28-18-7-9-19(10-8-18)35-24-30-21(29-20(27)15-17(2)26)16-22(31-24)32-11-13-33(14-12-32)25(3,4)5;;;/h7-10,15-16H,6,11-14,26H2,1-5H3,(H,28,34)(H2,27,29,30,31);3*1H. The molecule has 1 saturated heterocycles. The van der Waals surface area contributed by atoms with Gasteiger partial charge >= 0.3 is 0 Å². The predicted molar refractivity (Wildman–Crippen MR) is 151 cm³/mol. The minimum absolute atomic E-state index is 0. The van der Waals surface area contributed by atoms with Crippen molar-refractivity contribution in [3.63, 3.8) is 0 Å². The Bertz CT molecular complexity index is 1090. The Balaban J connectivity index is 0.00000456. The molecule has 0 radical (unpaired) electrons. The van der Waals surface area contributed by atoms with Gasteiger partial charge in [0.05, 0.1) is 0 Å². The number of amidine groups is 1. The fraction of sp³-hybridized carbons (Fsp3) is 0.440. The minimum Gasteiger partial charge on any atom is -0.402 e. The average molecular weight is 503 g/mol. The molecule has 0 spiro atoms. The molecule has 1 aromatic heterocycles. The van der Waals surface area contributed by atoms with Crippen molar-refractivity contribution in [3.05, 3.63) is 42.1 Å². The molecule has 1 aromatic carbocycles. The minimum atomic E-state index is -0.0187. The van der Waals surface area contributed by atoms with Gasteiger partial charge in [-0.1, -0.05) is 6.92 Å². The number of nitrogens with two attached hydrogens (primary N) is 2. The smallest absolute Gasteiger partial charge is 0.224 e. The number of nitrogens with zero attached hydrogens (tertiary/aromatic N) is 5. The third-order valence-corrected chi connectivity index (χ3v) is 6.39. The molecule has 0 aliphatic carbocycles. The van der Waals surface area contributed by atoms with Crippen molar-refractivity contribution >= 4 is 40.8 Å². The highest BCUT2D eigenvalue weighted by Crippen LogP contribution is 2.30. The normalized spacial score (nSPS) is 15.9. The van der Waals surface area contributed by atoms with E-state index in [9.17, 15) is 4.79 Å². The van der Waals surface area contributed by atoms with Crippen LogP contribution in [-0.2, 0) is 4.79 Å². The van der Waals surface area contributed by atoms with Gasteiger partial charge in [-0.15, -0.1) is 0 Å². The Kier molecular flexibility index (Phi) is 8.74. The lowest BCUT2D eigenvalue weighted by Gasteiger charge is -2.42. The van der Waals surface area contributed by atoms with E-state index in [-0.39, 0.29) is 15.7 Å². The summed E-state index contributed by atoms with van der Waals surface area (Å²) in [4.78, 5) is 31.2. The van der Waals surface area contributed by atoms with Crippen molar-refractivity contribution in [2.75, 3.05) is 36.4 Å². The molecule has 1 aliphatic heterocycles. The van der Waals surface area contributed by atoms with E-state index in [0.29, 0.717) is 28.9 Å². The quantitative estimate of drug-likeness (QED) is 0.287. The zero-order valence-electron chi connectivity index (χ0n) is 21.2. The van der Waals surface area contributed by atoms with Gasteiger partial charge in [-0.05, 0) is 69.8 Å². The van der Waals surface area contributed by atoms with Crippen molar-refractivity contribution in [2.45, 2.75) is 56.6 Å². The molecule has 1 fully saturated rings. The fourth-order valence-electron chi connectivity index (χ4n) is 3.63. The van der Waals surface area contributed by atoms with Gasteiger partial charge in [0.25, 0.3) is 0 Å². The van der Waals surface area contributed by atoms with Gasteiger partial charge in [0, 0.05) is 64.8 Å². The van der Waals surface area contributed by atoms with Gasteiger partial charge in [0.2, 0.25) is 5.91 Å². The van der Waals surface area contributed by atoms with E-state index in [4.69, 9.17) is 16.5 Å². The molecule has 2 heterocycles. The van der Waals surface area contributed by atoms with E-state index in [1.807, 2.05) is 37.3 Å². The lowest BCUT2D eigenvalue weighted by atomic mass is 10.1. The molecule has 5 N–H and O–H groups in total. The maximum atomic E-state index is 11.6. The Morgan fingerprint density at radius 1 is 1.17 bits per heavy atom. The zero-order chi connectivity index (χ0) is 25.6. The number of hydrogen-bond acceptors (Lipinski definition) is 8. The molecule has 3 rings (SSSR count). The number of benzene rings is 1. The van der Waals surface area contributed by atoms with Crippen LogP contribution >= 0.6 is 11.8 Å². The Morgan fingerprint density at radius 3 is 2.40 bits per heavy atom. The van der Waals surface area contributed by atoms with E-state index in [2.05, 4.69) is 45.9 Å². The molecule has 2 aromatic rings. The molecule has 1 aliphatic rings. The van der Waals surface area contributed by atoms with E-state index in [1.54, 1.807) is 13.0 Å². The molecular weight excluding hydrogens is 460 g/mol. The number of piperazine rings is 1. The molecule has 35 heavy (non-hydrogen) atoms. The molecular formula is C25H42N8OS. The molecule has 1 amide bonds. The van der Waals surface area contributed by atoms with Crippen molar-refractivity contribution in [1.82, 2.24) is 14.9 Å². The van der Waals surface area contributed by atoms with Crippen LogP contribution in [0.4, 0.5) is 17.3 Å². The summed E-state index contributed by atoms with van der Waals surface area (Å²) in [7, 11) is 0. The van der Waals surface area contributed by atoms with Gasteiger partial charge in [-0.2, -0.15) is 0 Å². The summed E-state index contributed by atoms with van der Waals surface area (Å²) in [5, 5.41) is 3.43. The average Bonchev–Trinajstić information content (AvgIpc) is 2.79. The van der Waals surface area contributed by atoms with Crippen LogP contribution in [0.25, 0.3) is 0 Å². The Labute approximate surface area is 216 Å². The fourth-order valence-corrected chi connectivity index (χ4v) is 4.39. The van der Waals surface area contributed by atoms with Gasteiger partial charge in [0.15, 0.2) is 11.0 Å². The van der Waals surface area contributed by atoms with Gasteiger partial charge in [0.1, 0.15) is 11.7 Å². The highest BCUT2D eigenvalue weighted by molar-refractivity contribution is 7.99. The van der Waals surface area contributed by atoms with E-state index in [0.717, 1.165) is 42.6 Å². The molecule has 0 atom stereocenters.